The van der Waals surface area contributed by atoms with Gasteiger partial charge in [-0.15, -0.1) is 0 Å². The topological polar surface area (TPSA) is 110 Å². The molecule has 0 aliphatic carbocycles. The van der Waals surface area contributed by atoms with Crippen molar-refractivity contribution >= 4 is 27.1 Å². The maximum atomic E-state index is 12.8. The highest BCUT2D eigenvalue weighted by Crippen LogP contribution is 2.26. The molecule has 2 aromatic rings. The summed E-state index contributed by atoms with van der Waals surface area (Å²) in [6.45, 7) is 2.42. The molecule has 1 atom stereocenters. The van der Waals surface area contributed by atoms with E-state index in [1.807, 2.05) is 0 Å². The zero-order valence-corrected chi connectivity index (χ0v) is 14.0. The number of benzene rings is 1. The third-order valence-electron chi connectivity index (χ3n) is 4.03. The quantitative estimate of drug-likeness (QED) is 0.823. The van der Waals surface area contributed by atoms with Gasteiger partial charge in [-0.3, -0.25) is 9.78 Å². The minimum Gasteiger partial charge on any atom is -0.466 e. The third-order valence-corrected chi connectivity index (χ3v) is 5.90. The molecule has 24 heavy (non-hydrogen) atoms. The number of esters is 1. The number of oxazole rings is 1. The first-order valence-corrected chi connectivity index (χ1v) is 9.15. The molecule has 1 fully saturated rings. The predicted molar refractivity (Wildman–Crippen MR) is 85.0 cm³/mol. The van der Waals surface area contributed by atoms with Crippen LogP contribution >= 0.6 is 0 Å². The van der Waals surface area contributed by atoms with Gasteiger partial charge in [0.25, 0.3) is 0 Å². The van der Waals surface area contributed by atoms with Gasteiger partial charge in [0, 0.05) is 19.2 Å². The van der Waals surface area contributed by atoms with Crippen LogP contribution in [-0.4, -0.2) is 43.4 Å². The summed E-state index contributed by atoms with van der Waals surface area (Å²) < 4.78 is 36.8. The molecule has 0 spiro atoms. The summed E-state index contributed by atoms with van der Waals surface area (Å²) in [6, 6.07) is 4.22. The fourth-order valence-corrected chi connectivity index (χ4v) is 4.39. The lowest BCUT2D eigenvalue weighted by Crippen LogP contribution is -2.42. The number of sulfonamides is 1. The number of nitrogens with zero attached hydrogens (tertiary/aromatic N) is 1. The monoisotopic (exact) mass is 354 g/mol. The van der Waals surface area contributed by atoms with Crippen LogP contribution in [0.5, 0.6) is 0 Å². The molecule has 3 rings (SSSR count). The Balaban J connectivity index is 1.87. The number of carbonyl (C=O) groups is 1. The number of nitrogens with one attached hydrogen (secondary N) is 1. The molecular weight excluding hydrogens is 336 g/mol. The number of piperidine rings is 1. The van der Waals surface area contributed by atoms with E-state index in [2.05, 4.69) is 4.98 Å². The van der Waals surface area contributed by atoms with E-state index >= 15 is 0 Å². The Morgan fingerprint density at radius 2 is 2.25 bits per heavy atom. The standard InChI is InChI=1S/C15H18N2O6S/c1-2-22-14(18)10-4-3-7-17(9-10)24(20,21)11-5-6-12-13(8-11)23-15(19)16-12/h5-6,8,10H,2-4,7,9H2,1H3,(H,16,19)/t10-/m1/s1. The molecule has 1 N–H and O–H groups in total. The molecule has 1 saturated heterocycles. The molecule has 0 unspecified atom stereocenters. The van der Waals surface area contributed by atoms with E-state index in [0.717, 1.165) is 0 Å². The number of ether oxygens (including phenoxy) is 1. The molecule has 9 heteroatoms. The summed E-state index contributed by atoms with van der Waals surface area (Å²) in [5, 5.41) is 0. The predicted octanol–water partition coefficient (Wildman–Crippen LogP) is 1.08. The van der Waals surface area contributed by atoms with E-state index in [1.54, 1.807) is 6.92 Å². The second-order valence-electron chi connectivity index (χ2n) is 5.63. The van der Waals surface area contributed by atoms with Crippen LogP contribution in [-0.2, 0) is 19.6 Å². The molecule has 1 aromatic heterocycles. The number of aromatic amines is 1. The zero-order valence-electron chi connectivity index (χ0n) is 13.1. The van der Waals surface area contributed by atoms with Crippen molar-refractivity contribution in [1.82, 2.24) is 9.29 Å². The van der Waals surface area contributed by atoms with Crippen LogP contribution < -0.4 is 5.76 Å². The summed E-state index contributed by atoms with van der Waals surface area (Å²) in [5.41, 5.74) is 0.613. The highest BCUT2D eigenvalue weighted by Gasteiger charge is 2.34. The van der Waals surface area contributed by atoms with E-state index < -0.39 is 21.7 Å². The number of H-pyrrole nitrogens is 1. The SMILES string of the molecule is CCOC(=O)[C@@H]1CCCN(S(=O)(=O)c2ccc3[nH]c(=O)oc3c2)C1. The molecule has 0 bridgehead atoms. The highest BCUT2D eigenvalue weighted by molar-refractivity contribution is 7.89. The number of rotatable bonds is 4. The minimum absolute atomic E-state index is 0.0299. The molecular formula is C15H18N2O6S. The van der Waals surface area contributed by atoms with Crippen molar-refractivity contribution in [2.45, 2.75) is 24.7 Å². The van der Waals surface area contributed by atoms with E-state index in [-0.39, 0.29) is 29.6 Å². The van der Waals surface area contributed by atoms with E-state index in [0.29, 0.717) is 24.9 Å². The van der Waals surface area contributed by atoms with Crippen LogP contribution in [0.4, 0.5) is 0 Å². The van der Waals surface area contributed by atoms with Crippen molar-refractivity contribution in [2.24, 2.45) is 5.92 Å². The number of fused-ring (bicyclic) bond motifs is 1. The number of aromatic nitrogens is 1. The Bertz CT molecular complexity index is 913. The Labute approximate surface area is 138 Å². The minimum atomic E-state index is -3.78. The molecule has 8 nitrogen and oxygen atoms in total. The zero-order chi connectivity index (χ0) is 17.3. The Morgan fingerprint density at radius 3 is 3.00 bits per heavy atom. The lowest BCUT2D eigenvalue weighted by molar-refractivity contribution is -0.149. The van der Waals surface area contributed by atoms with Crippen molar-refractivity contribution in [3.8, 4) is 0 Å². The first-order valence-electron chi connectivity index (χ1n) is 7.71. The smallest absolute Gasteiger partial charge is 0.417 e. The Hall–Kier alpha value is -2.13. The maximum absolute atomic E-state index is 12.8. The van der Waals surface area contributed by atoms with Gasteiger partial charge in [0.1, 0.15) is 0 Å². The van der Waals surface area contributed by atoms with Gasteiger partial charge in [-0.25, -0.2) is 13.2 Å². The maximum Gasteiger partial charge on any atom is 0.417 e. The average Bonchev–Trinajstić information content (AvgIpc) is 2.94. The summed E-state index contributed by atoms with van der Waals surface area (Å²) in [4.78, 5) is 25.6. The van der Waals surface area contributed by atoms with Gasteiger partial charge in [-0.2, -0.15) is 4.31 Å². The van der Waals surface area contributed by atoms with Crippen molar-refractivity contribution in [1.29, 1.82) is 0 Å². The number of carbonyl (C=O) groups excluding carboxylic acids is 1. The second-order valence-corrected chi connectivity index (χ2v) is 7.56. The molecule has 1 aliphatic rings. The molecule has 0 radical (unpaired) electrons. The first kappa shape index (κ1) is 16.7. The van der Waals surface area contributed by atoms with Crippen LogP contribution in [0.15, 0.2) is 32.3 Å². The summed E-state index contributed by atoms with van der Waals surface area (Å²) in [7, 11) is -3.78. The molecule has 130 valence electrons. The lowest BCUT2D eigenvalue weighted by atomic mass is 10.0. The van der Waals surface area contributed by atoms with Crippen LogP contribution in [0.25, 0.3) is 11.1 Å². The van der Waals surface area contributed by atoms with Gasteiger partial charge < -0.3 is 9.15 Å². The molecule has 0 amide bonds. The highest BCUT2D eigenvalue weighted by atomic mass is 32.2. The lowest BCUT2D eigenvalue weighted by Gasteiger charge is -2.30. The van der Waals surface area contributed by atoms with Crippen LogP contribution in [0.3, 0.4) is 0 Å². The summed E-state index contributed by atoms with van der Waals surface area (Å²) in [6.07, 6.45) is 1.20. The van der Waals surface area contributed by atoms with E-state index in [1.165, 1.54) is 22.5 Å². The molecule has 1 aromatic carbocycles. The van der Waals surface area contributed by atoms with Crippen LogP contribution in [0, 0.1) is 5.92 Å². The Morgan fingerprint density at radius 1 is 1.46 bits per heavy atom. The van der Waals surface area contributed by atoms with Gasteiger partial charge >= 0.3 is 11.7 Å². The Kier molecular flexibility index (Phi) is 4.46. The van der Waals surface area contributed by atoms with Crippen molar-refractivity contribution in [3.63, 3.8) is 0 Å². The van der Waals surface area contributed by atoms with Gasteiger partial charge in [0.15, 0.2) is 5.58 Å². The normalized spacial score (nSPS) is 19.5. The van der Waals surface area contributed by atoms with Crippen LogP contribution in [0.2, 0.25) is 0 Å². The number of hydrogen-bond acceptors (Lipinski definition) is 6. The van der Waals surface area contributed by atoms with Crippen LogP contribution in [0.1, 0.15) is 19.8 Å². The van der Waals surface area contributed by atoms with E-state index in [9.17, 15) is 18.0 Å². The third kappa shape index (κ3) is 3.09. The van der Waals surface area contributed by atoms with Gasteiger partial charge in [0.2, 0.25) is 10.0 Å². The van der Waals surface area contributed by atoms with E-state index in [4.69, 9.17) is 9.15 Å². The van der Waals surface area contributed by atoms with Gasteiger partial charge in [-0.1, -0.05) is 0 Å². The average molecular weight is 354 g/mol. The summed E-state index contributed by atoms with van der Waals surface area (Å²) in [5.74, 6) is -1.47. The summed E-state index contributed by atoms with van der Waals surface area (Å²) >= 11 is 0. The first-order chi connectivity index (χ1) is 11.4. The van der Waals surface area contributed by atoms with Crippen molar-refractivity contribution < 1.29 is 22.4 Å². The fraction of sp³-hybridized carbons (Fsp3) is 0.467. The molecule has 1 aliphatic heterocycles. The molecule has 2 heterocycles. The second kappa shape index (κ2) is 6.40. The van der Waals surface area contributed by atoms with Gasteiger partial charge in [0.05, 0.1) is 22.9 Å². The van der Waals surface area contributed by atoms with Gasteiger partial charge in [-0.05, 0) is 31.9 Å². The number of hydrogen-bond donors (Lipinski definition) is 1. The van der Waals surface area contributed by atoms with Crippen molar-refractivity contribution in [2.75, 3.05) is 19.7 Å². The molecule has 0 saturated carbocycles. The largest absolute Gasteiger partial charge is 0.466 e. The fourth-order valence-electron chi connectivity index (χ4n) is 2.85. The van der Waals surface area contributed by atoms with Crippen molar-refractivity contribution in [3.05, 3.63) is 28.7 Å².